The summed E-state index contributed by atoms with van der Waals surface area (Å²) in [6.45, 7) is 3.28. The van der Waals surface area contributed by atoms with E-state index >= 15 is 0 Å². The van der Waals surface area contributed by atoms with Gasteiger partial charge in [0.05, 0.1) is 30.2 Å². The van der Waals surface area contributed by atoms with Crippen molar-refractivity contribution in [2.45, 2.75) is 18.9 Å². The molecule has 1 N–H and O–H groups in total. The van der Waals surface area contributed by atoms with E-state index in [-0.39, 0.29) is 11.9 Å². The summed E-state index contributed by atoms with van der Waals surface area (Å²) in [5.41, 5.74) is 4.43. The topological polar surface area (TPSA) is 32.3 Å². The molecule has 4 rings (SSSR count). The van der Waals surface area contributed by atoms with Crippen LogP contribution in [0.4, 0.5) is 5.69 Å². The van der Waals surface area contributed by atoms with E-state index in [1.165, 1.54) is 24.0 Å². The van der Waals surface area contributed by atoms with E-state index in [1.807, 2.05) is 44.4 Å². The summed E-state index contributed by atoms with van der Waals surface area (Å²) < 4.78 is 0.381. The van der Waals surface area contributed by atoms with Crippen molar-refractivity contribution in [1.82, 2.24) is 14.7 Å². The van der Waals surface area contributed by atoms with Crippen LogP contribution in [0, 0.1) is 0 Å². The Morgan fingerprint density at radius 1 is 0.912 bits per heavy atom. The number of likely N-dealkylation sites (tertiary alicyclic amines) is 1. The first-order valence-electron chi connectivity index (χ1n) is 11.8. The fourth-order valence-corrected chi connectivity index (χ4v) is 4.84. The average molecular weight is 497 g/mol. The lowest BCUT2D eigenvalue weighted by Crippen LogP contribution is -2.50. The largest absolute Gasteiger partial charge is 0.343 e. The van der Waals surface area contributed by atoms with Crippen molar-refractivity contribution in [3.63, 3.8) is 0 Å². The molecule has 1 unspecified atom stereocenters. The van der Waals surface area contributed by atoms with Gasteiger partial charge in [-0.2, -0.15) is 0 Å². The van der Waals surface area contributed by atoms with Gasteiger partial charge in [-0.15, -0.1) is 0 Å². The Morgan fingerprint density at radius 3 is 2.21 bits per heavy atom. The van der Waals surface area contributed by atoms with Crippen LogP contribution in [-0.2, 0) is 4.79 Å². The Labute approximate surface area is 212 Å². The van der Waals surface area contributed by atoms with Crippen LogP contribution >= 0.6 is 23.2 Å². The minimum Gasteiger partial charge on any atom is -0.343 e. The van der Waals surface area contributed by atoms with E-state index in [0.29, 0.717) is 21.1 Å². The number of nitrogens with zero attached hydrogens (tertiary/aromatic N) is 2. The van der Waals surface area contributed by atoms with E-state index in [1.54, 1.807) is 6.07 Å². The first kappa shape index (κ1) is 24.7. The Kier molecular flexibility index (Phi) is 7.95. The second-order valence-electron chi connectivity index (χ2n) is 9.56. The number of amides is 1. The van der Waals surface area contributed by atoms with Crippen molar-refractivity contribution in [1.29, 1.82) is 0 Å². The smallest absolute Gasteiger partial charge is 0.276 e. The Morgan fingerprint density at radius 2 is 1.56 bits per heavy atom. The molecule has 0 bridgehead atoms. The van der Waals surface area contributed by atoms with E-state index in [2.05, 4.69) is 46.6 Å². The second kappa shape index (κ2) is 10.9. The maximum Gasteiger partial charge on any atom is 0.276 e. The molecule has 4 nitrogen and oxygen atoms in total. The fourth-order valence-electron chi connectivity index (χ4n) is 4.55. The van der Waals surface area contributed by atoms with E-state index in [9.17, 15) is 4.79 Å². The zero-order valence-corrected chi connectivity index (χ0v) is 21.3. The van der Waals surface area contributed by atoms with Gasteiger partial charge in [-0.05, 0) is 48.7 Å². The zero-order chi connectivity index (χ0) is 24.1. The number of hydrogen-bond donors (Lipinski definition) is 1. The molecule has 34 heavy (non-hydrogen) atoms. The lowest BCUT2D eigenvalue weighted by Gasteiger charge is -2.31. The molecule has 1 aliphatic rings. The van der Waals surface area contributed by atoms with Gasteiger partial charge in [-0.1, -0.05) is 77.8 Å². The Bertz CT molecular complexity index is 1110. The maximum atomic E-state index is 13.2. The summed E-state index contributed by atoms with van der Waals surface area (Å²) >= 11 is 12.3. The van der Waals surface area contributed by atoms with Crippen LogP contribution in [0.5, 0.6) is 0 Å². The number of likely N-dealkylation sites (N-methyl/N-ethyl adjacent to an activating group) is 1. The molecule has 0 aromatic heterocycles. The van der Waals surface area contributed by atoms with Crippen LogP contribution in [0.3, 0.4) is 0 Å². The van der Waals surface area contributed by atoms with Crippen molar-refractivity contribution in [3.8, 4) is 11.1 Å². The van der Waals surface area contributed by atoms with Gasteiger partial charge in [0.1, 0.15) is 5.69 Å². The third-order valence-electron chi connectivity index (χ3n) is 6.54. The third kappa shape index (κ3) is 6.19. The van der Waals surface area contributed by atoms with Crippen molar-refractivity contribution >= 4 is 34.8 Å². The molecule has 0 aliphatic carbocycles. The van der Waals surface area contributed by atoms with Crippen LogP contribution in [-0.4, -0.2) is 51.1 Å². The minimum atomic E-state index is -0.0655. The summed E-state index contributed by atoms with van der Waals surface area (Å²) in [6, 6.07) is 24.4. The molecular weight excluding hydrogens is 465 g/mol. The normalized spacial score (nSPS) is 15.3. The summed E-state index contributed by atoms with van der Waals surface area (Å²) in [4.78, 5) is 15.7. The molecule has 178 valence electrons. The predicted molar refractivity (Wildman–Crippen MR) is 143 cm³/mol. The molecule has 0 spiro atoms. The molecule has 1 amide bonds. The molecule has 6 heteroatoms. The monoisotopic (exact) mass is 496 g/mol. The quantitative estimate of drug-likeness (QED) is 0.377. The van der Waals surface area contributed by atoms with Crippen molar-refractivity contribution in [2.75, 3.05) is 40.3 Å². The number of hydrogen-bond acceptors (Lipinski definition) is 2. The van der Waals surface area contributed by atoms with E-state index < -0.39 is 0 Å². The summed E-state index contributed by atoms with van der Waals surface area (Å²) in [6.07, 6.45) is 2.43. The van der Waals surface area contributed by atoms with Gasteiger partial charge < -0.3 is 10.2 Å². The molecule has 1 aliphatic heterocycles. The number of carbonyl (C=O) groups is 1. The van der Waals surface area contributed by atoms with Crippen LogP contribution in [0.15, 0.2) is 72.8 Å². The Hall–Kier alpha value is -2.37. The Balaban J connectivity index is 1.50. The SMILES string of the molecule is C[N+](C)(CC(=O)NC(CN1CCCC1)c1ccc(-c2ccccc2)cc1)c1ccc(Cl)c(Cl)c1. The molecule has 0 saturated carbocycles. The second-order valence-corrected chi connectivity index (χ2v) is 10.4. The minimum absolute atomic E-state index is 0.00686. The molecule has 1 heterocycles. The highest BCUT2D eigenvalue weighted by Crippen LogP contribution is 2.29. The molecule has 1 fully saturated rings. The van der Waals surface area contributed by atoms with E-state index in [0.717, 1.165) is 30.9 Å². The highest BCUT2D eigenvalue weighted by molar-refractivity contribution is 6.42. The van der Waals surface area contributed by atoms with Gasteiger partial charge in [-0.25, -0.2) is 0 Å². The average Bonchev–Trinajstić information content (AvgIpc) is 3.34. The summed E-state index contributed by atoms with van der Waals surface area (Å²) in [5, 5.41) is 4.33. The van der Waals surface area contributed by atoms with Gasteiger partial charge in [0, 0.05) is 18.7 Å². The number of benzene rings is 3. The first-order chi connectivity index (χ1) is 16.3. The number of carbonyl (C=O) groups excluding carboxylic acids is 1. The first-order valence-corrected chi connectivity index (χ1v) is 12.5. The zero-order valence-electron chi connectivity index (χ0n) is 19.8. The van der Waals surface area contributed by atoms with Gasteiger partial charge in [-0.3, -0.25) is 9.28 Å². The lowest BCUT2D eigenvalue weighted by atomic mass is 10.0. The van der Waals surface area contributed by atoms with Crippen molar-refractivity contribution in [3.05, 3.63) is 88.4 Å². The molecule has 3 aromatic carbocycles. The van der Waals surface area contributed by atoms with E-state index in [4.69, 9.17) is 23.2 Å². The molecule has 1 atom stereocenters. The van der Waals surface area contributed by atoms with Gasteiger partial charge >= 0.3 is 0 Å². The highest BCUT2D eigenvalue weighted by Gasteiger charge is 2.27. The lowest BCUT2D eigenvalue weighted by molar-refractivity contribution is -0.122. The predicted octanol–water partition coefficient (Wildman–Crippen LogP) is 6.18. The highest BCUT2D eigenvalue weighted by atomic mass is 35.5. The van der Waals surface area contributed by atoms with Crippen LogP contribution in [0.2, 0.25) is 10.0 Å². The van der Waals surface area contributed by atoms with Gasteiger partial charge in [0.2, 0.25) is 0 Å². The standard InChI is InChI=1S/C28H31Cl2N3O/c1-33(2,24-14-15-25(29)26(30)18-24)20-28(34)31-27(19-32-16-6-7-17-32)23-12-10-22(11-13-23)21-8-4-3-5-9-21/h3-5,8-15,18,27H,6-7,16-17,19-20H2,1-2H3/p+1. The summed E-state index contributed by atoms with van der Waals surface area (Å²) in [5.74, 6) is 0.00686. The van der Waals surface area contributed by atoms with Crippen molar-refractivity contribution in [2.24, 2.45) is 0 Å². The molecule has 1 saturated heterocycles. The fraction of sp³-hybridized carbons (Fsp3) is 0.321. The number of nitrogens with one attached hydrogen (secondary N) is 1. The molecular formula is C28H32Cl2N3O+. The van der Waals surface area contributed by atoms with Gasteiger partial charge in [0.25, 0.3) is 5.91 Å². The maximum absolute atomic E-state index is 13.2. The number of quaternary nitrogens is 1. The third-order valence-corrected chi connectivity index (χ3v) is 7.27. The van der Waals surface area contributed by atoms with Crippen LogP contribution in [0.1, 0.15) is 24.4 Å². The van der Waals surface area contributed by atoms with Crippen LogP contribution < -0.4 is 9.80 Å². The molecule has 3 aromatic rings. The number of rotatable bonds is 8. The number of halogens is 2. The van der Waals surface area contributed by atoms with Crippen molar-refractivity contribution < 1.29 is 4.79 Å². The summed E-state index contributed by atoms with van der Waals surface area (Å²) in [7, 11) is 4.01. The molecule has 0 radical (unpaired) electrons. The van der Waals surface area contributed by atoms with Gasteiger partial charge in [0.15, 0.2) is 6.54 Å². The van der Waals surface area contributed by atoms with Crippen LogP contribution in [0.25, 0.3) is 11.1 Å².